The molecular formula is C15H21N3OS. The van der Waals surface area contributed by atoms with Crippen molar-refractivity contribution < 1.29 is 4.74 Å². The fraction of sp³-hybridized carbons (Fsp3) is 0.533. The number of aryl methyl sites for hydroxylation is 1. The van der Waals surface area contributed by atoms with Crippen molar-refractivity contribution in [3.8, 4) is 0 Å². The zero-order valence-electron chi connectivity index (χ0n) is 12.4. The van der Waals surface area contributed by atoms with E-state index in [2.05, 4.69) is 30.2 Å². The highest BCUT2D eigenvalue weighted by Crippen LogP contribution is 2.45. The fourth-order valence-electron chi connectivity index (χ4n) is 2.95. The number of thiazole rings is 1. The van der Waals surface area contributed by atoms with Crippen molar-refractivity contribution in [2.45, 2.75) is 39.3 Å². The van der Waals surface area contributed by atoms with Gasteiger partial charge < -0.3 is 15.8 Å². The highest BCUT2D eigenvalue weighted by Gasteiger charge is 2.48. The molecule has 20 heavy (non-hydrogen) atoms. The van der Waals surface area contributed by atoms with Crippen molar-refractivity contribution in [2.24, 2.45) is 5.41 Å². The first-order valence-corrected chi connectivity index (χ1v) is 7.69. The number of rotatable bonds is 3. The summed E-state index contributed by atoms with van der Waals surface area (Å²) in [5, 5.41) is 4.63. The maximum absolute atomic E-state index is 6.16. The lowest BCUT2D eigenvalue weighted by atomic mass is 9.64. The van der Waals surface area contributed by atoms with Gasteiger partial charge in [-0.3, -0.25) is 0 Å². The summed E-state index contributed by atoms with van der Waals surface area (Å²) in [4.78, 5) is 4.53. The minimum absolute atomic E-state index is 0.119. The van der Waals surface area contributed by atoms with E-state index in [0.29, 0.717) is 12.1 Å². The van der Waals surface area contributed by atoms with Gasteiger partial charge in [-0.2, -0.15) is 0 Å². The predicted octanol–water partition coefficient (Wildman–Crippen LogP) is 3.41. The summed E-state index contributed by atoms with van der Waals surface area (Å²) in [5.41, 5.74) is 9.07. The van der Waals surface area contributed by atoms with E-state index in [0.717, 1.165) is 33.0 Å². The Labute approximate surface area is 123 Å². The molecule has 2 atom stereocenters. The smallest absolute Gasteiger partial charge is 0.0907 e. The number of methoxy groups -OCH3 is 1. The van der Waals surface area contributed by atoms with Gasteiger partial charge in [-0.1, -0.05) is 13.8 Å². The number of ether oxygens (including phenoxy) is 1. The van der Waals surface area contributed by atoms with Gasteiger partial charge in [0.2, 0.25) is 0 Å². The molecule has 1 fully saturated rings. The summed E-state index contributed by atoms with van der Waals surface area (Å²) in [6.07, 6.45) is 1.32. The average molecular weight is 291 g/mol. The third-order valence-electron chi connectivity index (χ3n) is 4.46. The number of hydrogen-bond acceptors (Lipinski definition) is 5. The van der Waals surface area contributed by atoms with Gasteiger partial charge in [0, 0.05) is 18.6 Å². The summed E-state index contributed by atoms with van der Waals surface area (Å²) >= 11 is 1.68. The SMILES string of the molecule is COC1CC(Nc2cc3nc(C)sc3cc2N)C1(C)C. The van der Waals surface area contributed by atoms with E-state index < -0.39 is 0 Å². The summed E-state index contributed by atoms with van der Waals surface area (Å²) < 4.78 is 6.64. The summed E-state index contributed by atoms with van der Waals surface area (Å²) in [7, 11) is 1.78. The van der Waals surface area contributed by atoms with Gasteiger partial charge in [0.05, 0.1) is 32.7 Å². The van der Waals surface area contributed by atoms with Crippen molar-refractivity contribution in [1.82, 2.24) is 4.98 Å². The average Bonchev–Trinajstić information content (AvgIpc) is 2.73. The lowest BCUT2D eigenvalue weighted by molar-refractivity contribution is -0.0794. The van der Waals surface area contributed by atoms with Crippen molar-refractivity contribution in [3.63, 3.8) is 0 Å². The van der Waals surface area contributed by atoms with E-state index >= 15 is 0 Å². The first-order chi connectivity index (χ1) is 9.41. The molecule has 1 aromatic carbocycles. The molecule has 1 aliphatic rings. The fourth-order valence-corrected chi connectivity index (χ4v) is 3.81. The second-order valence-corrected chi connectivity index (χ2v) is 7.35. The van der Waals surface area contributed by atoms with Crippen LogP contribution in [-0.4, -0.2) is 24.2 Å². The number of nitrogen functional groups attached to an aromatic ring is 1. The predicted molar refractivity (Wildman–Crippen MR) is 85.4 cm³/mol. The van der Waals surface area contributed by atoms with Crippen LogP contribution in [0.2, 0.25) is 0 Å². The van der Waals surface area contributed by atoms with Crippen LogP contribution in [0.1, 0.15) is 25.3 Å². The number of fused-ring (bicyclic) bond motifs is 1. The van der Waals surface area contributed by atoms with E-state index in [1.54, 1.807) is 18.4 Å². The van der Waals surface area contributed by atoms with Crippen LogP contribution in [0.25, 0.3) is 10.2 Å². The number of aromatic nitrogens is 1. The van der Waals surface area contributed by atoms with Crippen molar-refractivity contribution in [3.05, 3.63) is 17.1 Å². The van der Waals surface area contributed by atoms with Gasteiger partial charge in [-0.25, -0.2) is 4.98 Å². The maximum atomic E-state index is 6.16. The monoisotopic (exact) mass is 291 g/mol. The molecule has 0 amide bonds. The summed E-state index contributed by atoms with van der Waals surface area (Å²) in [6, 6.07) is 4.46. The third kappa shape index (κ3) is 2.05. The second kappa shape index (κ2) is 4.60. The second-order valence-electron chi connectivity index (χ2n) is 6.12. The molecule has 1 heterocycles. The normalized spacial score (nSPS) is 24.6. The molecule has 0 bridgehead atoms. The largest absolute Gasteiger partial charge is 0.397 e. The Bertz CT molecular complexity index is 650. The third-order valence-corrected chi connectivity index (χ3v) is 5.39. The van der Waals surface area contributed by atoms with Crippen LogP contribution in [-0.2, 0) is 4.74 Å². The van der Waals surface area contributed by atoms with Crippen LogP contribution in [0.3, 0.4) is 0 Å². The van der Waals surface area contributed by atoms with Gasteiger partial charge in [-0.15, -0.1) is 11.3 Å². The molecule has 1 saturated carbocycles. The Balaban J connectivity index is 1.86. The van der Waals surface area contributed by atoms with Crippen LogP contribution in [0.15, 0.2) is 12.1 Å². The van der Waals surface area contributed by atoms with E-state index in [1.165, 1.54) is 0 Å². The number of hydrogen-bond donors (Lipinski definition) is 2. The minimum atomic E-state index is 0.119. The molecule has 3 rings (SSSR count). The zero-order chi connectivity index (χ0) is 14.5. The van der Waals surface area contributed by atoms with Crippen molar-refractivity contribution in [1.29, 1.82) is 0 Å². The Morgan fingerprint density at radius 1 is 1.45 bits per heavy atom. The molecule has 2 aromatic rings. The van der Waals surface area contributed by atoms with Crippen LogP contribution in [0, 0.1) is 12.3 Å². The van der Waals surface area contributed by atoms with Crippen LogP contribution in [0.5, 0.6) is 0 Å². The van der Waals surface area contributed by atoms with E-state index in [4.69, 9.17) is 10.5 Å². The maximum Gasteiger partial charge on any atom is 0.0907 e. The van der Waals surface area contributed by atoms with E-state index in [9.17, 15) is 0 Å². The summed E-state index contributed by atoms with van der Waals surface area (Å²) in [5.74, 6) is 0. The summed E-state index contributed by atoms with van der Waals surface area (Å²) in [6.45, 7) is 6.47. The Morgan fingerprint density at radius 3 is 2.85 bits per heavy atom. The van der Waals surface area contributed by atoms with E-state index in [1.807, 2.05) is 13.0 Å². The topological polar surface area (TPSA) is 60.2 Å². The quantitative estimate of drug-likeness (QED) is 0.851. The molecular weight excluding hydrogens is 270 g/mol. The number of benzene rings is 1. The number of nitrogens with two attached hydrogens (primary N) is 1. The van der Waals surface area contributed by atoms with Gasteiger partial charge in [-0.05, 0) is 25.5 Å². The van der Waals surface area contributed by atoms with Gasteiger partial charge >= 0.3 is 0 Å². The zero-order valence-corrected chi connectivity index (χ0v) is 13.2. The van der Waals surface area contributed by atoms with Gasteiger partial charge in [0.25, 0.3) is 0 Å². The molecule has 108 valence electrons. The molecule has 0 saturated heterocycles. The van der Waals surface area contributed by atoms with Crippen molar-refractivity contribution in [2.75, 3.05) is 18.2 Å². The number of nitrogens with one attached hydrogen (secondary N) is 1. The molecule has 1 aromatic heterocycles. The molecule has 5 heteroatoms. The highest BCUT2D eigenvalue weighted by atomic mass is 32.1. The Kier molecular flexibility index (Phi) is 3.14. The lowest BCUT2D eigenvalue weighted by Gasteiger charge is -2.51. The molecule has 4 nitrogen and oxygen atoms in total. The van der Waals surface area contributed by atoms with Crippen LogP contribution >= 0.6 is 11.3 Å². The van der Waals surface area contributed by atoms with Crippen molar-refractivity contribution >= 4 is 32.9 Å². The first-order valence-electron chi connectivity index (χ1n) is 6.88. The van der Waals surface area contributed by atoms with Gasteiger partial charge in [0.1, 0.15) is 0 Å². The molecule has 3 N–H and O–H groups in total. The molecule has 0 spiro atoms. The van der Waals surface area contributed by atoms with E-state index in [-0.39, 0.29) is 5.41 Å². The van der Waals surface area contributed by atoms with Gasteiger partial charge in [0.15, 0.2) is 0 Å². The molecule has 0 aliphatic heterocycles. The standard InChI is InChI=1S/C15H21N3OS/c1-8-17-11-6-10(9(16)5-12(11)20-8)18-13-7-14(19-4)15(13,2)3/h5-6,13-14,18H,7,16H2,1-4H3. The molecule has 2 unspecified atom stereocenters. The first kappa shape index (κ1) is 13.6. The number of anilines is 2. The Hall–Kier alpha value is -1.33. The highest BCUT2D eigenvalue weighted by molar-refractivity contribution is 7.18. The molecule has 0 radical (unpaired) electrons. The minimum Gasteiger partial charge on any atom is -0.397 e. The Morgan fingerprint density at radius 2 is 2.20 bits per heavy atom. The lowest BCUT2D eigenvalue weighted by Crippen LogP contribution is -2.57. The molecule has 1 aliphatic carbocycles. The van der Waals surface area contributed by atoms with Crippen LogP contribution in [0.4, 0.5) is 11.4 Å². The van der Waals surface area contributed by atoms with Crippen LogP contribution < -0.4 is 11.1 Å². The number of nitrogens with zero attached hydrogens (tertiary/aromatic N) is 1.